The number of amides is 1. The largest absolute Gasteiger partial charge is 0.481 e. The molecule has 1 aromatic heterocycles. The number of benzene rings is 1. The van der Waals surface area contributed by atoms with Gasteiger partial charge in [-0.05, 0) is 30.7 Å². The molecule has 0 aliphatic carbocycles. The Balaban J connectivity index is 1.55. The van der Waals surface area contributed by atoms with Crippen molar-refractivity contribution in [3.8, 4) is 11.3 Å². The molecule has 126 valence electrons. The fraction of sp³-hybridized carbons (Fsp3) is 0.353. The number of carbonyl (C=O) groups excluding carboxylic acids is 1. The van der Waals surface area contributed by atoms with Crippen LogP contribution in [0.1, 0.15) is 18.7 Å². The van der Waals surface area contributed by atoms with Gasteiger partial charge in [0.15, 0.2) is 11.7 Å². The Morgan fingerprint density at radius 1 is 1.33 bits per heavy atom. The lowest BCUT2D eigenvalue weighted by Gasteiger charge is -2.14. The molecule has 0 radical (unpaired) electrons. The third kappa shape index (κ3) is 3.76. The monoisotopic (exact) mass is 348 g/mol. The fourth-order valence-electron chi connectivity index (χ4n) is 2.73. The number of halogens is 1. The molecule has 1 aliphatic rings. The maximum atomic E-state index is 12.1. The second kappa shape index (κ2) is 7.05. The van der Waals surface area contributed by atoms with E-state index in [1.54, 1.807) is 23.2 Å². The highest BCUT2D eigenvalue weighted by atomic mass is 35.5. The Morgan fingerprint density at radius 3 is 2.75 bits per heavy atom. The Bertz CT molecular complexity index is 741. The Morgan fingerprint density at radius 2 is 2.08 bits per heavy atom. The molecule has 1 aromatic carbocycles. The van der Waals surface area contributed by atoms with Crippen LogP contribution in [0.15, 0.2) is 34.9 Å². The van der Waals surface area contributed by atoms with E-state index in [-0.39, 0.29) is 18.9 Å². The Kier molecular flexibility index (Phi) is 4.85. The van der Waals surface area contributed by atoms with Crippen LogP contribution in [0.3, 0.4) is 0 Å². The first-order chi connectivity index (χ1) is 11.5. The molecule has 2 heterocycles. The number of carbonyl (C=O) groups is 2. The molecule has 1 aliphatic heterocycles. The van der Waals surface area contributed by atoms with Crippen molar-refractivity contribution in [2.75, 3.05) is 13.1 Å². The number of oxazole rings is 1. The minimum atomic E-state index is -0.842. The molecule has 1 atom stereocenters. The quantitative estimate of drug-likeness (QED) is 0.898. The fourth-order valence-corrected chi connectivity index (χ4v) is 2.86. The Labute approximate surface area is 144 Å². The number of rotatable bonds is 5. The van der Waals surface area contributed by atoms with Gasteiger partial charge in [0.1, 0.15) is 0 Å². The van der Waals surface area contributed by atoms with E-state index in [1.807, 2.05) is 12.1 Å². The first-order valence-corrected chi connectivity index (χ1v) is 8.12. The van der Waals surface area contributed by atoms with Crippen LogP contribution in [0, 0.1) is 5.92 Å². The van der Waals surface area contributed by atoms with Crippen LogP contribution < -0.4 is 0 Å². The number of aliphatic carboxylic acids is 1. The summed E-state index contributed by atoms with van der Waals surface area (Å²) in [5.41, 5.74) is 0.869. The van der Waals surface area contributed by atoms with Crippen LogP contribution in [0.5, 0.6) is 0 Å². The van der Waals surface area contributed by atoms with Gasteiger partial charge >= 0.3 is 5.97 Å². The zero-order valence-electron chi connectivity index (χ0n) is 12.9. The lowest BCUT2D eigenvalue weighted by Crippen LogP contribution is -2.30. The average molecular weight is 349 g/mol. The molecule has 7 heteroatoms. The Hall–Kier alpha value is -2.34. The first kappa shape index (κ1) is 16.5. The van der Waals surface area contributed by atoms with Gasteiger partial charge in [-0.15, -0.1) is 0 Å². The maximum Gasteiger partial charge on any atom is 0.308 e. The predicted octanol–water partition coefficient (Wildman–Crippen LogP) is 2.86. The first-order valence-electron chi connectivity index (χ1n) is 7.74. The van der Waals surface area contributed by atoms with Crippen LogP contribution in [0.25, 0.3) is 11.3 Å². The highest BCUT2D eigenvalue weighted by Crippen LogP contribution is 2.23. The summed E-state index contributed by atoms with van der Waals surface area (Å²) in [4.78, 5) is 28.9. The van der Waals surface area contributed by atoms with E-state index in [1.165, 1.54) is 0 Å². The van der Waals surface area contributed by atoms with Gasteiger partial charge in [-0.1, -0.05) is 11.6 Å². The number of carboxylic acid groups (broad SMARTS) is 1. The van der Waals surface area contributed by atoms with Crippen LogP contribution in [-0.2, 0) is 16.0 Å². The smallest absolute Gasteiger partial charge is 0.308 e. The van der Waals surface area contributed by atoms with Crippen molar-refractivity contribution in [3.63, 3.8) is 0 Å². The highest BCUT2D eigenvalue weighted by Gasteiger charge is 2.30. The number of aromatic nitrogens is 1. The minimum Gasteiger partial charge on any atom is -0.481 e. The second-order valence-electron chi connectivity index (χ2n) is 5.79. The number of likely N-dealkylation sites (tertiary alicyclic amines) is 1. The number of aryl methyl sites for hydroxylation is 1. The minimum absolute atomic E-state index is 0.0648. The van der Waals surface area contributed by atoms with Crippen LogP contribution >= 0.6 is 11.6 Å². The number of carboxylic acids is 1. The van der Waals surface area contributed by atoms with Gasteiger partial charge in [0.05, 0.1) is 12.1 Å². The summed E-state index contributed by atoms with van der Waals surface area (Å²) in [7, 11) is 0. The topological polar surface area (TPSA) is 83.6 Å². The van der Waals surface area contributed by atoms with Gasteiger partial charge in [0.2, 0.25) is 5.91 Å². The average Bonchev–Trinajstić information content (AvgIpc) is 3.23. The van der Waals surface area contributed by atoms with E-state index >= 15 is 0 Å². The molecule has 2 aromatic rings. The van der Waals surface area contributed by atoms with Gasteiger partial charge in [-0.2, -0.15) is 0 Å². The lowest BCUT2D eigenvalue weighted by molar-refractivity contribution is -0.141. The molecule has 1 saturated heterocycles. The summed E-state index contributed by atoms with van der Waals surface area (Å²) in [5, 5.41) is 9.63. The standard InChI is InChI=1S/C17H17ClN2O4/c18-13-3-1-11(2-4-13)14-9-19-15(24-14)5-6-16(21)20-8-7-12(10-20)17(22)23/h1-4,9,12H,5-8,10H2,(H,22,23). The molecule has 1 fully saturated rings. The van der Waals surface area contributed by atoms with Crippen molar-refractivity contribution in [2.24, 2.45) is 5.92 Å². The number of hydrogen-bond donors (Lipinski definition) is 1. The van der Waals surface area contributed by atoms with Gasteiger partial charge in [0, 0.05) is 36.5 Å². The zero-order valence-corrected chi connectivity index (χ0v) is 13.7. The summed E-state index contributed by atoms with van der Waals surface area (Å²) in [6.07, 6.45) is 2.79. The molecule has 0 bridgehead atoms. The molecule has 1 amide bonds. The van der Waals surface area contributed by atoms with Gasteiger partial charge in [0.25, 0.3) is 0 Å². The summed E-state index contributed by atoms with van der Waals surface area (Å²) in [6.45, 7) is 0.785. The van der Waals surface area contributed by atoms with E-state index < -0.39 is 11.9 Å². The van der Waals surface area contributed by atoms with Crippen molar-refractivity contribution in [1.29, 1.82) is 0 Å². The maximum absolute atomic E-state index is 12.1. The van der Waals surface area contributed by atoms with Gasteiger partial charge in [-0.3, -0.25) is 9.59 Å². The molecule has 1 unspecified atom stereocenters. The van der Waals surface area contributed by atoms with E-state index in [4.69, 9.17) is 21.1 Å². The number of hydrogen-bond acceptors (Lipinski definition) is 4. The molecular weight excluding hydrogens is 332 g/mol. The van der Waals surface area contributed by atoms with Gasteiger partial charge < -0.3 is 14.4 Å². The second-order valence-corrected chi connectivity index (χ2v) is 6.23. The molecule has 24 heavy (non-hydrogen) atoms. The van der Waals surface area contributed by atoms with E-state index in [0.717, 1.165) is 5.56 Å². The summed E-state index contributed by atoms with van der Waals surface area (Å²) < 4.78 is 5.66. The van der Waals surface area contributed by atoms with E-state index in [2.05, 4.69) is 4.98 Å². The highest BCUT2D eigenvalue weighted by molar-refractivity contribution is 6.30. The lowest BCUT2D eigenvalue weighted by atomic mass is 10.1. The van der Waals surface area contributed by atoms with Crippen molar-refractivity contribution in [3.05, 3.63) is 41.4 Å². The van der Waals surface area contributed by atoms with Crippen LogP contribution in [0.2, 0.25) is 5.02 Å². The number of nitrogens with zero attached hydrogens (tertiary/aromatic N) is 2. The van der Waals surface area contributed by atoms with Crippen LogP contribution in [0.4, 0.5) is 0 Å². The van der Waals surface area contributed by atoms with Crippen molar-refractivity contribution >= 4 is 23.5 Å². The predicted molar refractivity (Wildman–Crippen MR) is 87.6 cm³/mol. The zero-order chi connectivity index (χ0) is 17.1. The summed E-state index contributed by atoms with van der Waals surface area (Å²) >= 11 is 5.86. The van der Waals surface area contributed by atoms with E-state index in [0.29, 0.717) is 36.1 Å². The third-order valence-electron chi connectivity index (χ3n) is 4.13. The summed E-state index contributed by atoms with van der Waals surface area (Å²) in [5.74, 6) is -0.244. The molecule has 0 spiro atoms. The molecule has 3 rings (SSSR count). The molecule has 6 nitrogen and oxygen atoms in total. The van der Waals surface area contributed by atoms with Crippen molar-refractivity contribution in [1.82, 2.24) is 9.88 Å². The van der Waals surface area contributed by atoms with Crippen LogP contribution in [-0.4, -0.2) is 40.0 Å². The molecule has 1 N–H and O–H groups in total. The van der Waals surface area contributed by atoms with Crippen molar-refractivity contribution in [2.45, 2.75) is 19.3 Å². The third-order valence-corrected chi connectivity index (χ3v) is 4.38. The molecular formula is C17H17ClN2O4. The van der Waals surface area contributed by atoms with E-state index in [9.17, 15) is 9.59 Å². The normalized spacial score (nSPS) is 17.2. The molecule has 0 saturated carbocycles. The summed E-state index contributed by atoms with van der Waals surface area (Å²) in [6, 6.07) is 7.23. The van der Waals surface area contributed by atoms with Gasteiger partial charge in [-0.25, -0.2) is 4.98 Å². The SMILES string of the molecule is O=C(O)C1CCN(C(=O)CCc2ncc(-c3ccc(Cl)cc3)o2)C1. The van der Waals surface area contributed by atoms with Crippen molar-refractivity contribution < 1.29 is 19.1 Å².